The van der Waals surface area contributed by atoms with Crippen LogP contribution in [0.5, 0.6) is 0 Å². The van der Waals surface area contributed by atoms with Crippen molar-refractivity contribution in [2.75, 3.05) is 6.26 Å². The number of fused-ring (bicyclic) bond motifs is 1. The molecule has 1 aromatic carbocycles. The summed E-state index contributed by atoms with van der Waals surface area (Å²) in [5.41, 5.74) is 1.42. The molecule has 1 aliphatic carbocycles. The molecule has 1 aromatic heterocycles. The van der Waals surface area contributed by atoms with Crippen molar-refractivity contribution in [3.63, 3.8) is 0 Å². The minimum atomic E-state index is -0.228. The van der Waals surface area contributed by atoms with Gasteiger partial charge in [-0.05, 0) is 43.4 Å². The number of thioether (sulfide) groups is 1. The van der Waals surface area contributed by atoms with Crippen LogP contribution in [0.25, 0.3) is 11.0 Å². The normalized spacial score (nSPS) is 18.5. The largest absolute Gasteiger partial charge is 0.328 e. The molecular formula is C15H19FN2S2. The number of H-pyrrole nitrogens is 1. The van der Waals surface area contributed by atoms with Crippen molar-refractivity contribution >= 4 is 35.0 Å². The fourth-order valence-corrected chi connectivity index (χ4v) is 4.43. The number of aromatic nitrogens is 2. The SMILES string of the molecule is CSC1(Cn2c(=S)[nH]c3c(F)cccc32)CCCCC1. The molecular weight excluding hydrogens is 291 g/mol. The average molecular weight is 310 g/mol. The molecule has 0 amide bonds. The fraction of sp³-hybridized carbons (Fsp3) is 0.533. The number of halogens is 1. The van der Waals surface area contributed by atoms with Crippen LogP contribution in [0.4, 0.5) is 4.39 Å². The maximum Gasteiger partial charge on any atom is 0.178 e. The smallest absolute Gasteiger partial charge is 0.178 e. The number of rotatable bonds is 3. The molecule has 108 valence electrons. The van der Waals surface area contributed by atoms with Crippen LogP contribution >= 0.6 is 24.0 Å². The van der Waals surface area contributed by atoms with E-state index in [-0.39, 0.29) is 10.6 Å². The van der Waals surface area contributed by atoms with Gasteiger partial charge in [-0.3, -0.25) is 0 Å². The molecule has 1 aliphatic rings. The number of hydrogen-bond donors (Lipinski definition) is 1. The lowest BCUT2D eigenvalue weighted by atomic mass is 9.88. The molecule has 1 N–H and O–H groups in total. The van der Waals surface area contributed by atoms with Crippen LogP contribution in [-0.2, 0) is 6.54 Å². The zero-order valence-corrected chi connectivity index (χ0v) is 13.2. The van der Waals surface area contributed by atoms with E-state index in [0.29, 0.717) is 10.3 Å². The van der Waals surface area contributed by atoms with Crippen molar-refractivity contribution < 1.29 is 4.39 Å². The Morgan fingerprint density at radius 1 is 1.35 bits per heavy atom. The quantitative estimate of drug-likeness (QED) is 0.814. The van der Waals surface area contributed by atoms with E-state index >= 15 is 0 Å². The lowest BCUT2D eigenvalue weighted by Crippen LogP contribution is -2.33. The third-order valence-electron chi connectivity index (χ3n) is 4.40. The van der Waals surface area contributed by atoms with Gasteiger partial charge in [0.05, 0.1) is 5.52 Å². The summed E-state index contributed by atoms with van der Waals surface area (Å²) >= 11 is 7.35. The molecule has 2 aromatic rings. The summed E-state index contributed by atoms with van der Waals surface area (Å²) in [5.74, 6) is -0.228. The second-order valence-electron chi connectivity index (χ2n) is 5.60. The summed E-state index contributed by atoms with van der Waals surface area (Å²) < 4.78 is 16.8. The van der Waals surface area contributed by atoms with Crippen molar-refractivity contribution in [2.24, 2.45) is 0 Å². The lowest BCUT2D eigenvalue weighted by Gasteiger charge is -2.36. The van der Waals surface area contributed by atoms with E-state index in [1.807, 2.05) is 17.8 Å². The number of benzene rings is 1. The van der Waals surface area contributed by atoms with Crippen LogP contribution in [0, 0.1) is 10.6 Å². The van der Waals surface area contributed by atoms with Gasteiger partial charge in [-0.1, -0.05) is 25.3 Å². The zero-order valence-electron chi connectivity index (χ0n) is 11.6. The van der Waals surface area contributed by atoms with Gasteiger partial charge in [0.15, 0.2) is 4.77 Å². The third kappa shape index (κ3) is 2.42. The monoisotopic (exact) mass is 310 g/mol. The van der Waals surface area contributed by atoms with Gasteiger partial charge in [0, 0.05) is 11.3 Å². The molecule has 0 spiro atoms. The summed E-state index contributed by atoms with van der Waals surface area (Å²) in [6.45, 7) is 0.871. The van der Waals surface area contributed by atoms with Crippen LogP contribution in [0.3, 0.4) is 0 Å². The van der Waals surface area contributed by atoms with Crippen LogP contribution < -0.4 is 0 Å². The van der Waals surface area contributed by atoms with E-state index in [1.54, 1.807) is 6.07 Å². The van der Waals surface area contributed by atoms with Gasteiger partial charge in [0.2, 0.25) is 0 Å². The van der Waals surface area contributed by atoms with Gasteiger partial charge in [0.1, 0.15) is 11.3 Å². The molecule has 0 saturated heterocycles. The van der Waals surface area contributed by atoms with Gasteiger partial charge < -0.3 is 9.55 Å². The first kappa shape index (κ1) is 14.1. The number of hydrogen-bond acceptors (Lipinski definition) is 2. The second kappa shape index (κ2) is 5.53. The molecule has 0 unspecified atom stereocenters. The minimum Gasteiger partial charge on any atom is -0.328 e. The van der Waals surface area contributed by atoms with Crippen LogP contribution in [-0.4, -0.2) is 20.6 Å². The Morgan fingerprint density at radius 2 is 2.10 bits per heavy atom. The van der Waals surface area contributed by atoms with Crippen LogP contribution in [0.2, 0.25) is 0 Å². The molecule has 2 nitrogen and oxygen atoms in total. The van der Waals surface area contributed by atoms with E-state index in [1.165, 1.54) is 38.2 Å². The summed E-state index contributed by atoms with van der Waals surface area (Å²) in [6, 6.07) is 5.17. The first-order valence-electron chi connectivity index (χ1n) is 7.07. The average Bonchev–Trinajstić information content (AvgIpc) is 2.78. The Hall–Kier alpha value is -0.810. The highest BCUT2D eigenvalue weighted by Crippen LogP contribution is 2.40. The van der Waals surface area contributed by atoms with Crippen molar-refractivity contribution in [2.45, 2.75) is 43.4 Å². The van der Waals surface area contributed by atoms with Crippen LogP contribution in [0.15, 0.2) is 18.2 Å². The molecule has 1 saturated carbocycles. The molecule has 1 fully saturated rings. The number of nitrogens with zero attached hydrogens (tertiary/aromatic N) is 1. The Morgan fingerprint density at radius 3 is 2.80 bits per heavy atom. The predicted molar refractivity (Wildman–Crippen MR) is 86.4 cm³/mol. The van der Waals surface area contributed by atoms with Gasteiger partial charge in [0.25, 0.3) is 0 Å². The standard InChI is InChI=1S/C15H19FN2S2/c1-20-15(8-3-2-4-9-15)10-18-12-7-5-6-11(16)13(12)17-14(18)19/h5-7H,2-4,8-10H2,1H3,(H,17,19). The Labute approximate surface area is 127 Å². The molecule has 0 atom stereocenters. The lowest BCUT2D eigenvalue weighted by molar-refractivity contribution is 0.360. The highest BCUT2D eigenvalue weighted by molar-refractivity contribution is 8.00. The highest BCUT2D eigenvalue weighted by atomic mass is 32.2. The maximum absolute atomic E-state index is 13.8. The number of imidazole rings is 1. The number of aromatic amines is 1. The highest BCUT2D eigenvalue weighted by Gasteiger charge is 2.32. The Kier molecular flexibility index (Phi) is 3.91. The van der Waals surface area contributed by atoms with Gasteiger partial charge in [-0.15, -0.1) is 0 Å². The van der Waals surface area contributed by atoms with Crippen molar-refractivity contribution in [1.82, 2.24) is 9.55 Å². The van der Waals surface area contributed by atoms with Gasteiger partial charge >= 0.3 is 0 Å². The molecule has 1 heterocycles. The number of nitrogens with one attached hydrogen (secondary N) is 1. The molecule has 5 heteroatoms. The van der Waals surface area contributed by atoms with Crippen LogP contribution in [0.1, 0.15) is 32.1 Å². The predicted octanol–water partition coefficient (Wildman–Crippen LogP) is 4.90. The van der Waals surface area contributed by atoms with E-state index in [4.69, 9.17) is 12.2 Å². The summed E-state index contributed by atoms with van der Waals surface area (Å²) in [7, 11) is 0. The molecule has 0 bridgehead atoms. The zero-order chi connectivity index (χ0) is 14.2. The molecule has 0 aliphatic heterocycles. The Bertz CT molecular complexity index is 668. The molecule has 0 radical (unpaired) electrons. The van der Waals surface area contributed by atoms with E-state index in [9.17, 15) is 4.39 Å². The molecule has 20 heavy (non-hydrogen) atoms. The summed E-state index contributed by atoms with van der Waals surface area (Å²) in [5, 5.41) is 0. The van der Waals surface area contributed by atoms with Gasteiger partial charge in [-0.2, -0.15) is 11.8 Å². The third-order valence-corrected chi connectivity index (χ3v) is 6.13. The Balaban J connectivity index is 2.04. The molecule has 3 rings (SSSR count). The topological polar surface area (TPSA) is 20.7 Å². The second-order valence-corrected chi connectivity index (χ2v) is 7.26. The summed E-state index contributed by atoms with van der Waals surface area (Å²) in [6.07, 6.45) is 8.52. The summed E-state index contributed by atoms with van der Waals surface area (Å²) in [4.78, 5) is 3.02. The van der Waals surface area contributed by atoms with Crippen molar-refractivity contribution in [3.05, 3.63) is 28.8 Å². The fourth-order valence-electron chi connectivity index (χ4n) is 3.21. The van der Waals surface area contributed by atoms with E-state index in [0.717, 1.165) is 12.1 Å². The minimum absolute atomic E-state index is 0.228. The first-order chi connectivity index (χ1) is 9.65. The van der Waals surface area contributed by atoms with Crippen molar-refractivity contribution in [1.29, 1.82) is 0 Å². The van der Waals surface area contributed by atoms with E-state index in [2.05, 4.69) is 15.8 Å². The first-order valence-corrected chi connectivity index (χ1v) is 8.71. The van der Waals surface area contributed by atoms with Gasteiger partial charge in [-0.25, -0.2) is 4.39 Å². The maximum atomic E-state index is 13.8. The number of para-hydroxylation sites is 1. The van der Waals surface area contributed by atoms with Crippen molar-refractivity contribution in [3.8, 4) is 0 Å². The van der Waals surface area contributed by atoms with E-state index < -0.39 is 0 Å².